The van der Waals surface area contributed by atoms with Gasteiger partial charge in [-0.3, -0.25) is 14.5 Å². The zero-order chi connectivity index (χ0) is 19.1. The number of carbonyl (C=O) groups excluding carboxylic acids is 2. The van der Waals surface area contributed by atoms with Crippen molar-refractivity contribution in [2.24, 2.45) is 0 Å². The van der Waals surface area contributed by atoms with E-state index in [2.05, 4.69) is 37.9 Å². The zero-order valence-corrected chi connectivity index (χ0v) is 16.3. The number of carbonyl (C=O) groups is 2. The maximum Gasteiger partial charge on any atom is 0.257 e. The smallest absolute Gasteiger partial charge is 0.257 e. The minimum atomic E-state index is -0.139. The molecule has 0 unspecified atom stereocenters. The third-order valence-corrected chi connectivity index (χ3v) is 4.59. The molecule has 0 spiro atoms. The predicted molar refractivity (Wildman–Crippen MR) is 104 cm³/mol. The van der Waals surface area contributed by atoms with Crippen LogP contribution in [-0.4, -0.2) is 55.0 Å². The summed E-state index contributed by atoms with van der Waals surface area (Å²) in [7, 11) is 0. The van der Waals surface area contributed by atoms with Crippen LogP contribution in [0, 0.1) is 0 Å². The van der Waals surface area contributed by atoms with Crippen molar-refractivity contribution in [3.63, 3.8) is 0 Å². The molecule has 144 valence electrons. The van der Waals surface area contributed by atoms with Crippen LogP contribution in [0.2, 0.25) is 0 Å². The summed E-state index contributed by atoms with van der Waals surface area (Å²) >= 11 is 0. The van der Waals surface area contributed by atoms with Crippen molar-refractivity contribution in [3.8, 4) is 5.75 Å². The van der Waals surface area contributed by atoms with Gasteiger partial charge in [0, 0.05) is 49.9 Å². The lowest BCUT2D eigenvalue weighted by molar-refractivity contribution is -0.123. The average molecular weight is 361 g/mol. The molecule has 0 aromatic heterocycles. The molecule has 0 saturated carbocycles. The fraction of sp³-hybridized carbons (Fsp3) is 0.600. The van der Waals surface area contributed by atoms with Crippen molar-refractivity contribution in [1.29, 1.82) is 0 Å². The Hall–Kier alpha value is -2.08. The summed E-state index contributed by atoms with van der Waals surface area (Å²) in [5.74, 6) is 0.600. The largest absolute Gasteiger partial charge is 0.484 e. The summed E-state index contributed by atoms with van der Waals surface area (Å²) < 4.78 is 5.59. The van der Waals surface area contributed by atoms with E-state index in [9.17, 15) is 9.59 Å². The van der Waals surface area contributed by atoms with E-state index in [0.29, 0.717) is 30.8 Å². The van der Waals surface area contributed by atoms with Crippen LogP contribution < -0.4 is 15.0 Å². The number of nitrogens with one attached hydrogen (secondary N) is 1. The molecular formula is C20H31N3O3. The first kappa shape index (κ1) is 20.2. The SMILES string of the molecule is CC(C)N(CCNC(=O)COc1cccc(N2CCCC2=O)c1)C(C)C. The van der Waals surface area contributed by atoms with E-state index in [4.69, 9.17) is 4.74 Å². The highest BCUT2D eigenvalue weighted by molar-refractivity contribution is 5.95. The topological polar surface area (TPSA) is 61.9 Å². The van der Waals surface area contributed by atoms with Crippen molar-refractivity contribution in [2.75, 3.05) is 31.1 Å². The van der Waals surface area contributed by atoms with Crippen LogP contribution in [-0.2, 0) is 9.59 Å². The summed E-state index contributed by atoms with van der Waals surface area (Å²) in [6.45, 7) is 10.7. The second-order valence-electron chi connectivity index (χ2n) is 7.21. The molecule has 0 bridgehead atoms. The number of nitrogens with zero attached hydrogens (tertiary/aromatic N) is 2. The fourth-order valence-electron chi connectivity index (χ4n) is 3.30. The minimum Gasteiger partial charge on any atom is -0.484 e. The van der Waals surface area contributed by atoms with Crippen LogP contribution in [0.25, 0.3) is 0 Å². The second-order valence-corrected chi connectivity index (χ2v) is 7.21. The maximum absolute atomic E-state index is 12.0. The Bertz CT molecular complexity index is 608. The highest BCUT2D eigenvalue weighted by atomic mass is 16.5. The molecule has 0 atom stereocenters. The monoisotopic (exact) mass is 361 g/mol. The molecule has 2 amide bonds. The van der Waals surface area contributed by atoms with Gasteiger partial charge < -0.3 is 15.0 Å². The molecule has 6 nitrogen and oxygen atoms in total. The molecule has 1 aliphatic rings. The lowest BCUT2D eigenvalue weighted by atomic mass is 10.2. The van der Waals surface area contributed by atoms with Crippen molar-refractivity contribution in [1.82, 2.24) is 10.2 Å². The Labute approximate surface area is 156 Å². The molecule has 1 N–H and O–H groups in total. The first-order valence-corrected chi connectivity index (χ1v) is 9.44. The van der Waals surface area contributed by atoms with Gasteiger partial charge in [-0.25, -0.2) is 0 Å². The number of hydrogen-bond donors (Lipinski definition) is 1. The van der Waals surface area contributed by atoms with Gasteiger partial charge in [0.2, 0.25) is 5.91 Å². The summed E-state index contributed by atoms with van der Waals surface area (Å²) in [4.78, 5) is 27.9. The molecule has 1 aromatic rings. The lowest BCUT2D eigenvalue weighted by Crippen LogP contribution is -2.43. The van der Waals surface area contributed by atoms with E-state index in [1.807, 2.05) is 18.2 Å². The Morgan fingerprint density at radius 3 is 2.62 bits per heavy atom. The van der Waals surface area contributed by atoms with Crippen molar-refractivity contribution in [3.05, 3.63) is 24.3 Å². The van der Waals surface area contributed by atoms with E-state index in [1.54, 1.807) is 11.0 Å². The van der Waals surface area contributed by atoms with Crippen LogP contribution in [0.1, 0.15) is 40.5 Å². The van der Waals surface area contributed by atoms with Crippen LogP contribution in [0.3, 0.4) is 0 Å². The Morgan fingerprint density at radius 1 is 1.27 bits per heavy atom. The van der Waals surface area contributed by atoms with Gasteiger partial charge in [0.1, 0.15) is 5.75 Å². The number of rotatable bonds is 9. The van der Waals surface area contributed by atoms with Gasteiger partial charge in [-0.2, -0.15) is 0 Å². The van der Waals surface area contributed by atoms with Crippen LogP contribution in [0.4, 0.5) is 5.69 Å². The summed E-state index contributed by atoms with van der Waals surface area (Å²) in [5, 5.41) is 2.90. The zero-order valence-electron chi connectivity index (χ0n) is 16.3. The highest BCUT2D eigenvalue weighted by Gasteiger charge is 2.21. The van der Waals surface area contributed by atoms with E-state index in [0.717, 1.165) is 25.2 Å². The number of anilines is 1. The first-order chi connectivity index (χ1) is 12.4. The highest BCUT2D eigenvalue weighted by Crippen LogP contribution is 2.25. The normalized spacial score (nSPS) is 14.6. The van der Waals surface area contributed by atoms with Crippen LogP contribution in [0.15, 0.2) is 24.3 Å². The second kappa shape index (κ2) is 9.57. The molecule has 26 heavy (non-hydrogen) atoms. The van der Waals surface area contributed by atoms with E-state index < -0.39 is 0 Å². The number of amides is 2. The van der Waals surface area contributed by atoms with Gasteiger partial charge >= 0.3 is 0 Å². The molecular weight excluding hydrogens is 330 g/mol. The van der Waals surface area contributed by atoms with Crippen molar-refractivity contribution in [2.45, 2.75) is 52.6 Å². The van der Waals surface area contributed by atoms with E-state index in [-0.39, 0.29) is 18.4 Å². The van der Waals surface area contributed by atoms with Gasteiger partial charge in [-0.05, 0) is 46.2 Å². The average Bonchev–Trinajstić information content (AvgIpc) is 3.02. The first-order valence-electron chi connectivity index (χ1n) is 9.44. The number of benzene rings is 1. The standard InChI is InChI=1S/C20H31N3O3/c1-15(2)22(16(3)4)12-10-21-19(24)14-26-18-8-5-7-17(13-18)23-11-6-9-20(23)25/h5,7-8,13,15-16H,6,9-12,14H2,1-4H3,(H,21,24). The minimum absolute atomic E-state index is 0.0270. The summed E-state index contributed by atoms with van der Waals surface area (Å²) in [6, 6.07) is 8.24. The van der Waals surface area contributed by atoms with Crippen LogP contribution >= 0.6 is 0 Å². The number of ether oxygens (including phenoxy) is 1. The van der Waals surface area contributed by atoms with E-state index in [1.165, 1.54) is 0 Å². The molecule has 2 rings (SSSR count). The summed E-state index contributed by atoms with van der Waals surface area (Å²) in [5.41, 5.74) is 0.829. The Kier molecular flexibility index (Phi) is 7.45. The molecule has 1 heterocycles. The van der Waals surface area contributed by atoms with Crippen molar-refractivity contribution < 1.29 is 14.3 Å². The fourth-order valence-corrected chi connectivity index (χ4v) is 3.30. The predicted octanol–water partition coefficient (Wildman–Crippen LogP) is 2.43. The van der Waals surface area contributed by atoms with Gasteiger partial charge in [0.15, 0.2) is 6.61 Å². The third-order valence-electron chi connectivity index (χ3n) is 4.59. The van der Waals surface area contributed by atoms with Crippen molar-refractivity contribution >= 4 is 17.5 Å². The van der Waals surface area contributed by atoms with Gasteiger partial charge in [-0.15, -0.1) is 0 Å². The summed E-state index contributed by atoms with van der Waals surface area (Å²) in [6.07, 6.45) is 1.48. The Morgan fingerprint density at radius 2 is 2.00 bits per heavy atom. The molecule has 0 radical (unpaired) electrons. The van der Waals surface area contributed by atoms with Gasteiger partial charge in [0.25, 0.3) is 5.91 Å². The van der Waals surface area contributed by atoms with Crippen LogP contribution in [0.5, 0.6) is 5.75 Å². The number of hydrogen-bond acceptors (Lipinski definition) is 4. The van der Waals surface area contributed by atoms with Gasteiger partial charge in [0.05, 0.1) is 0 Å². The molecule has 1 aromatic carbocycles. The molecule has 1 aliphatic heterocycles. The molecule has 6 heteroatoms. The Balaban J connectivity index is 1.78. The molecule has 0 aliphatic carbocycles. The lowest BCUT2D eigenvalue weighted by Gasteiger charge is -2.30. The maximum atomic E-state index is 12.0. The van der Waals surface area contributed by atoms with E-state index >= 15 is 0 Å². The quantitative estimate of drug-likeness (QED) is 0.734. The molecule has 1 saturated heterocycles. The third kappa shape index (κ3) is 5.73. The van der Waals surface area contributed by atoms with Gasteiger partial charge in [-0.1, -0.05) is 6.07 Å². The molecule has 1 fully saturated rings.